The van der Waals surface area contributed by atoms with Crippen LogP contribution in [0.4, 0.5) is 0 Å². The van der Waals surface area contributed by atoms with E-state index >= 15 is 0 Å². The Morgan fingerprint density at radius 1 is 0.833 bits per heavy atom. The van der Waals surface area contributed by atoms with Crippen molar-refractivity contribution in [2.24, 2.45) is 0 Å². The molecule has 0 amide bonds. The van der Waals surface area contributed by atoms with Crippen LogP contribution in [0.2, 0.25) is 0 Å². The van der Waals surface area contributed by atoms with Gasteiger partial charge in [0, 0.05) is 5.41 Å². The molecule has 36 heavy (non-hydrogen) atoms. The molecule has 0 aliphatic carbocycles. The van der Waals surface area contributed by atoms with Crippen LogP contribution in [0.3, 0.4) is 0 Å². The van der Waals surface area contributed by atoms with Crippen LogP contribution in [0.5, 0.6) is 28.7 Å². The second-order valence-corrected chi connectivity index (χ2v) is 10.3. The number of ether oxygens (including phenoxy) is 6. The first-order chi connectivity index (χ1) is 17.3. The monoisotopic (exact) mass is 520 g/mol. The van der Waals surface area contributed by atoms with E-state index in [2.05, 4.69) is 6.58 Å². The van der Waals surface area contributed by atoms with Crippen LogP contribution in [0.15, 0.2) is 41.1 Å². The lowest BCUT2D eigenvalue weighted by molar-refractivity contribution is 0.0435. The second kappa shape index (κ2) is 12.4. The van der Waals surface area contributed by atoms with Crippen LogP contribution >= 0.6 is 0 Å². The van der Waals surface area contributed by atoms with Gasteiger partial charge in [0.25, 0.3) is 0 Å². The predicted molar refractivity (Wildman–Crippen MR) is 137 cm³/mol. The van der Waals surface area contributed by atoms with Crippen LogP contribution in [-0.2, 0) is 14.6 Å². The Hall–Kier alpha value is -2.91. The molecule has 1 heterocycles. The summed E-state index contributed by atoms with van der Waals surface area (Å²) >= 11 is 0. The summed E-state index contributed by atoms with van der Waals surface area (Å²) in [6.45, 7) is 8.24. The first-order valence-corrected chi connectivity index (χ1v) is 13.6. The van der Waals surface area contributed by atoms with Gasteiger partial charge >= 0.3 is 0 Å². The Labute approximate surface area is 214 Å². The van der Waals surface area contributed by atoms with Crippen molar-refractivity contribution in [3.63, 3.8) is 0 Å². The fraction of sp³-hybridized carbons (Fsp3) is 0.481. The summed E-state index contributed by atoms with van der Waals surface area (Å²) in [5.74, 6) is 2.21. The zero-order valence-electron chi connectivity index (χ0n) is 21.7. The van der Waals surface area contributed by atoms with E-state index in [1.807, 2.05) is 32.0 Å². The van der Waals surface area contributed by atoms with Gasteiger partial charge in [-0.1, -0.05) is 20.4 Å². The quantitative estimate of drug-likeness (QED) is 0.327. The van der Waals surface area contributed by atoms with E-state index in [9.17, 15) is 8.42 Å². The van der Waals surface area contributed by atoms with Gasteiger partial charge in [-0.2, -0.15) is 0 Å². The molecule has 0 radical (unpaired) electrons. The molecular formula is C27H36O8S. The molecule has 1 saturated heterocycles. The van der Waals surface area contributed by atoms with Gasteiger partial charge in [-0.05, 0) is 61.1 Å². The zero-order chi connectivity index (χ0) is 26.3. The molecule has 1 aliphatic rings. The molecule has 198 valence electrons. The van der Waals surface area contributed by atoms with Gasteiger partial charge in [-0.3, -0.25) is 0 Å². The Kier molecular flexibility index (Phi) is 9.50. The molecule has 2 aromatic rings. The van der Waals surface area contributed by atoms with E-state index < -0.39 is 9.84 Å². The molecule has 0 bridgehead atoms. The number of methoxy groups -OCH3 is 3. The highest BCUT2D eigenvalue weighted by Crippen LogP contribution is 2.48. The van der Waals surface area contributed by atoms with E-state index in [1.54, 1.807) is 27.4 Å². The normalized spacial score (nSPS) is 17.5. The van der Waals surface area contributed by atoms with Gasteiger partial charge in [-0.15, -0.1) is 0 Å². The summed E-state index contributed by atoms with van der Waals surface area (Å²) < 4.78 is 60.5. The van der Waals surface area contributed by atoms with E-state index in [-0.39, 0.29) is 22.9 Å². The Morgan fingerprint density at radius 2 is 1.36 bits per heavy atom. The predicted octanol–water partition coefficient (Wildman–Crippen LogP) is 5.80. The minimum atomic E-state index is -3.79. The van der Waals surface area contributed by atoms with Crippen LogP contribution < -0.4 is 23.7 Å². The third-order valence-electron chi connectivity index (χ3n) is 5.93. The lowest BCUT2D eigenvalue weighted by atomic mass is 10.0. The average molecular weight is 521 g/mol. The number of hydrogen-bond donors (Lipinski definition) is 0. The van der Waals surface area contributed by atoms with Crippen molar-refractivity contribution in [3.05, 3.63) is 47.4 Å². The summed E-state index contributed by atoms with van der Waals surface area (Å²) in [5, 5.41) is 0.933. The second-order valence-electron chi connectivity index (χ2n) is 8.40. The van der Waals surface area contributed by atoms with E-state index in [4.69, 9.17) is 28.4 Å². The molecule has 0 aromatic heterocycles. The summed E-state index contributed by atoms with van der Waals surface area (Å²) in [5.41, 5.74) is 1.59. The van der Waals surface area contributed by atoms with Gasteiger partial charge in [0.2, 0.25) is 15.6 Å². The zero-order valence-corrected chi connectivity index (χ0v) is 22.5. The standard InChI is InChI=1S/C27H36O8S/c1-7-12-33-24-16-19(17-25(36(28,29)9-3)27(24)34-13-8-2)21-11-10-20(35-21)18-14-22(30-4)26(32-6)23(15-18)31-5/h9,14-17,20-21H,3,7-8,10-13H2,1-2,4-6H3/t20-,21-/m1/s1. The Bertz CT molecular complexity index is 1130. The molecular weight excluding hydrogens is 484 g/mol. The van der Waals surface area contributed by atoms with Crippen molar-refractivity contribution < 1.29 is 36.8 Å². The summed E-state index contributed by atoms with van der Waals surface area (Å²) in [7, 11) is 0.906. The maximum Gasteiger partial charge on any atom is 0.203 e. The van der Waals surface area contributed by atoms with Crippen molar-refractivity contribution in [3.8, 4) is 28.7 Å². The molecule has 8 nitrogen and oxygen atoms in total. The Morgan fingerprint density at radius 3 is 1.86 bits per heavy atom. The lowest BCUT2D eigenvalue weighted by Gasteiger charge is -2.21. The van der Waals surface area contributed by atoms with Gasteiger partial charge < -0.3 is 28.4 Å². The van der Waals surface area contributed by atoms with Crippen LogP contribution in [-0.4, -0.2) is 43.0 Å². The molecule has 0 unspecified atom stereocenters. The smallest absolute Gasteiger partial charge is 0.203 e. The van der Waals surface area contributed by atoms with E-state index in [0.717, 1.165) is 30.2 Å². The summed E-state index contributed by atoms with van der Waals surface area (Å²) in [4.78, 5) is 0.0365. The van der Waals surface area contributed by atoms with Crippen molar-refractivity contribution in [1.82, 2.24) is 0 Å². The highest BCUT2D eigenvalue weighted by Gasteiger charge is 2.32. The minimum Gasteiger partial charge on any atom is -0.493 e. The molecule has 0 spiro atoms. The van der Waals surface area contributed by atoms with Crippen LogP contribution in [0, 0.1) is 0 Å². The average Bonchev–Trinajstić information content (AvgIpc) is 3.40. The first kappa shape index (κ1) is 27.7. The number of benzene rings is 2. The van der Waals surface area contributed by atoms with E-state index in [1.165, 1.54) is 0 Å². The minimum absolute atomic E-state index is 0.0365. The Balaban J connectivity index is 2.01. The largest absolute Gasteiger partial charge is 0.493 e. The molecule has 0 N–H and O–H groups in total. The van der Waals surface area contributed by atoms with Gasteiger partial charge in [-0.25, -0.2) is 8.42 Å². The maximum absolute atomic E-state index is 12.9. The highest BCUT2D eigenvalue weighted by atomic mass is 32.2. The molecule has 2 aromatic carbocycles. The van der Waals surface area contributed by atoms with Crippen molar-refractivity contribution in [1.29, 1.82) is 0 Å². The maximum atomic E-state index is 12.9. The lowest BCUT2D eigenvalue weighted by Crippen LogP contribution is -2.09. The molecule has 9 heteroatoms. The fourth-order valence-electron chi connectivity index (χ4n) is 4.16. The van der Waals surface area contributed by atoms with Gasteiger partial charge in [0.15, 0.2) is 23.0 Å². The van der Waals surface area contributed by atoms with Crippen molar-refractivity contribution in [2.45, 2.75) is 56.6 Å². The topological polar surface area (TPSA) is 89.5 Å². The van der Waals surface area contributed by atoms with Crippen molar-refractivity contribution in [2.75, 3.05) is 34.5 Å². The summed E-state index contributed by atoms with van der Waals surface area (Å²) in [6.07, 6.45) is 2.34. The number of sulfone groups is 1. The number of hydrogen-bond acceptors (Lipinski definition) is 8. The van der Waals surface area contributed by atoms with Crippen LogP contribution in [0.1, 0.15) is 62.9 Å². The molecule has 0 saturated carbocycles. The van der Waals surface area contributed by atoms with Gasteiger partial charge in [0.1, 0.15) is 4.90 Å². The van der Waals surface area contributed by atoms with E-state index in [0.29, 0.717) is 48.2 Å². The highest BCUT2D eigenvalue weighted by molar-refractivity contribution is 7.94. The third-order valence-corrected chi connectivity index (χ3v) is 7.29. The molecule has 2 atom stereocenters. The third kappa shape index (κ3) is 5.90. The summed E-state index contributed by atoms with van der Waals surface area (Å²) in [6, 6.07) is 7.19. The molecule has 3 rings (SSSR count). The first-order valence-electron chi connectivity index (χ1n) is 12.1. The fourth-order valence-corrected chi connectivity index (χ4v) is 5.06. The molecule has 1 fully saturated rings. The SMILES string of the molecule is C=CS(=O)(=O)c1cc([C@H]2CC[C@H](c3cc(OC)c(OC)c(OC)c3)O2)cc(OCCC)c1OCCC. The number of rotatable bonds is 13. The van der Waals surface area contributed by atoms with Crippen molar-refractivity contribution >= 4 is 9.84 Å². The molecule has 1 aliphatic heterocycles. The van der Waals surface area contributed by atoms with Crippen LogP contribution in [0.25, 0.3) is 0 Å². The van der Waals surface area contributed by atoms with Gasteiger partial charge in [0.05, 0.1) is 46.8 Å².